The predicted octanol–water partition coefficient (Wildman–Crippen LogP) is 7.35. The number of rotatable bonds is 7. The molecular formula is C27H28ClNO3S. The number of thiophene rings is 1. The summed E-state index contributed by atoms with van der Waals surface area (Å²) >= 11 is 1.64. The number of phenolic OH excluding ortho intramolecular Hbond substituents is 1. The minimum atomic E-state index is 0. The van der Waals surface area contributed by atoms with Gasteiger partial charge in [0.1, 0.15) is 29.6 Å². The summed E-state index contributed by atoms with van der Waals surface area (Å²) in [4.78, 5) is 2.48. The molecule has 6 heteroatoms. The molecule has 0 spiro atoms. The third kappa shape index (κ3) is 5.80. The molecule has 0 atom stereocenters. The number of fused-ring (bicyclic) bond motifs is 1. The van der Waals surface area contributed by atoms with E-state index < -0.39 is 0 Å². The maximum Gasteiger partial charge on any atom is 0.127 e. The van der Waals surface area contributed by atoms with Crippen LogP contribution in [0.15, 0.2) is 72.1 Å². The van der Waals surface area contributed by atoms with Gasteiger partial charge in [-0.1, -0.05) is 18.6 Å². The molecule has 5 rings (SSSR count). The minimum Gasteiger partial charge on any atom is -0.508 e. The highest BCUT2D eigenvalue weighted by atomic mass is 35.5. The molecule has 0 radical (unpaired) electrons. The summed E-state index contributed by atoms with van der Waals surface area (Å²) in [5.74, 6) is 2.76. The summed E-state index contributed by atoms with van der Waals surface area (Å²) in [5.41, 5.74) is 2.30. The van der Waals surface area contributed by atoms with Gasteiger partial charge in [-0.3, -0.25) is 4.90 Å². The number of ether oxygens (including phenoxy) is 2. The maximum atomic E-state index is 9.68. The van der Waals surface area contributed by atoms with Crippen LogP contribution in [0.5, 0.6) is 23.0 Å². The number of nitrogens with zero attached hydrogens (tertiary/aromatic N) is 1. The molecule has 1 fully saturated rings. The Labute approximate surface area is 204 Å². The van der Waals surface area contributed by atoms with Gasteiger partial charge >= 0.3 is 0 Å². The largest absolute Gasteiger partial charge is 0.508 e. The summed E-state index contributed by atoms with van der Waals surface area (Å²) in [6, 6.07) is 21.5. The lowest BCUT2D eigenvalue weighted by Gasteiger charge is -2.26. The third-order valence-corrected chi connectivity index (χ3v) is 6.85. The highest BCUT2D eigenvalue weighted by Gasteiger charge is 2.10. The second-order valence-electron chi connectivity index (χ2n) is 8.18. The Hall–Kier alpha value is -2.73. The summed E-state index contributed by atoms with van der Waals surface area (Å²) in [6.45, 7) is 4.10. The highest BCUT2D eigenvalue weighted by Crippen LogP contribution is 2.36. The lowest BCUT2D eigenvalue weighted by atomic mass is 10.0. The van der Waals surface area contributed by atoms with Crippen molar-refractivity contribution in [1.82, 2.24) is 4.90 Å². The minimum absolute atomic E-state index is 0. The average Bonchev–Trinajstić information content (AvgIpc) is 3.24. The highest BCUT2D eigenvalue weighted by molar-refractivity contribution is 7.17. The molecule has 0 aliphatic carbocycles. The lowest BCUT2D eigenvalue weighted by molar-refractivity contribution is 0.183. The fraction of sp³-hybridized carbons (Fsp3) is 0.259. The SMILES string of the molecule is Cl.Oc1ccc2c(-c3ccc(Oc4ccc(OCCN5CCCCC5)cc4)cc3)csc2c1. The van der Waals surface area contributed by atoms with Gasteiger partial charge in [0.2, 0.25) is 0 Å². The van der Waals surface area contributed by atoms with Crippen molar-refractivity contribution in [2.45, 2.75) is 19.3 Å². The van der Waals surface area contributed by atoms with E-state index in [1.807, 2.05) is 48.5 Å². The van der Waals surface area contributed by atoms with Crippen molar-refractivity contribution < 1.29 is 14.6 Å². The fourth-order valence-corrected chi connectivity index (χ4v) is 5.16. The van der Waals surface area contributed by atoms with Crippen molar-refractivity contribution >= 4 is 33.8 Å². The Morgan fingerprint density at radius 2 is 1.48 bits per heavy atom. The first kappa shape index (κ1) is 23.4. The molecule has 4 nitrogen and oxygen atoms in total. The van der Waals surface area contributed by atoms with E-state index >= 15 is 0 Å². The van der Waals surface area contributed by atoms with Crippen LogP contribution >= 0.6 is 23.7 Å². The molecule has 172 valence electrons. The van der Waals surface area contributed by atoms with Crippen LogP contribution in [0.2, 0.25) is 0 Å². The van der Waals surface area contributed by atoms with E-state index in [-0.39, 0.29) is 12.4 Å². The van der Waals surface area contributed by atoms with E-state index in [0.29, 0.717) is 5.75 Å². The Morgan fingerprint density at radius 3 is 2.21 bits per heavy atom. The molecule has 0 bridgehead atoms. The fourth-order valence-electron chi connectivity index (χ4n) is 4.16. The molecule has 1 N–H and O–H groups in total. The number of benzene rings is 3. The molecule has 33 heavy (non-hydrogen) atoms. The monoisotopic (exact) mass is 481 g/mol. The zero-order valence-corrected chi connectivity index (χ0v) is 20.0. The summed E-state index contributed by atoms with van der Waals surface area (Å²) in [5, 5.41) is 13.0. The number of phenols is 1. The lowest BCUT2D eigenvalue weighted by Crippen LogP contribution is -2.33. The third-order valence-electron chi connectivity index (χ3n) is 5.91. The van der Waals surface area contributed by atoms with Crippen LogP contribution < -0.4 is 9.47 Å². The van der Waals surface area contributed by atoms with E-state index in [1.54, 1.807) is 17.4 Å². The number of piperidine rings is 1. The molecule has 0 saturated carbocycles. The van der Waals surface area contributed by atoms with Gasteiger partial charge in [-0.05, 0) is 91.5 Å². The average molecular weight is 482 g/mol. The van der Waals surface area contributed by atoms with Crippen molar-refractivity contribution in [3.63, 3.8) is 0 Å². The Morgan fingerprint density at radius 1 is 0.818 bits per heavy atom. The number of halogens is 1. The van der Waals surface area contributed by atoms with Gasteiger partial charge in [0, 0.05) is 22.2 Å². The van der Waals surface area contributed by atoms with Crippen molar-refractivity contribution in [3.05, 3.63) is 72.1 Å². The Balaban J connectivity index is 0.00000259. The zero-order valence-electron chi connectivity index (χ0n) is 18.4. The number of likely N-dealkylation sites (tertiary alicyclic amines) is 1. The van der Waals surface area contributed by atoms with E-state index in [4.69, 9.17) is 9.47 Å². The first-order chi connectivity index (χ1) is 15.7. The van der Waals surface area contributed by atoms with Gasteiger partial charge in [0.15, 0.2) is 0 Å². The second kappa shape index (κ2) is 10.9. The standard InChI is InChI=1S/C27H27NO3S.ClH/c29-21-6-13-25-26(19-32-27(25)18-21)20-4-7-23(8-5-20)31-24-11-9-22(10-12-24)30-17-16-28-14-2-1-3-15-28;/h4-13,18-19,29H,1-3,14-17H2;1H. The Kier molecular flexibility index (Phi) is 7.76. The molecule has 0 amide bonds. The summed E-state index contributed by atoms with van der Waals surface area (Å²) < 4.78 is 13.0. The first-order valence-electron chi connectivity index (χ1n) is 11.2. The van der Waals surface area contributed by atoms with E-state index in [0.717, 1.165) is 46.0 Å². The van der Waals surface area contributed by atoms with E-state index in [2.05, 4.69) is 22.4 Å². The van der Waals surface area contributed by atoms with Gasteiger partial charge in [0.25, 0.3) is 0 Å². The van der Waals surface area contributed by atoms with Gasteiger partial charge in [-0.15, -0.1) is 23.7 Å². The number of hydrogen-bond donors (Lipinski definition) is 1. The predicted molar refractivity (Wildman–Crippen MR) is 138 cm³/mol. The topological polar surface area (TPSA) is 41.9 Å². The molecule has 4 aromatic rings. The zero-order chi connectivity index (χ0) is 21.8. The van der Waals surface area contributed by atoms with Crippen LogP contribution in [0, 0.1) is 0 Å². The Bertz CT molecular complexity index is 1170. The maximum absolute atomic E-state index is 9.68. The molecule has 1 aromatic heterocycles. The normalized spacial score (nSPS) is 14.1. The molecule has 1 aliphatic rings. The number of aromatic hydroxyl groups is 1. The van der Waals surface area contributed by atoms with Crippen LogP contribution in [0.3, 0.4) is 0 Å². The van der Waals surface area contributed by atoms with E-state index in [1.165, 1.54) is 37.9 Å². The summed E-state index contributed by atoms with van der Waals surface area (Å²) in [7, 11) is 0. The molecule has 2 heterocycles. The van der Waals surface area contributed by atoms with Crippen molar-refractivity contribution in [1.29, 1.82) is 0 Å². The molecule has 3 aromatic carbocycles. The quantitative estimate of drug-likeness (QED) is 0.299. The molecule has 0 unspecified atom stereocenters. The molecule has 1 aliphatic heterocycles. The summed E-state index contributed by atoms with van der Waals surface area (Å²) in [6.07, 6.45) is 3.97. The van der Waals surface area contributed by atoms with E-state index in [9.17, 15) is 5.11 Å². The first-order valence-corrected chi connectivity index (χ1v) is 12.1. The van der Waals surface area contributed by atoms with Gasteiger partial charge in [-0.2, -0.15) is 0 Å². The van der Waals surface area contributed by atoms with Crippen LogP contribution in [0.1, 0.15) is 19.3 Å². The smallest absolute Gasteiger partial charge is 0.127 e. The van der Waals surface area contributed by atoms with Crippen LogP contribution in [-0.4, -0.2) is 36.2 Å². The van der Waals surface area contributed by atoms with Crippen molar-refractivity contribution in [2.75, 3.05) is 26.2 Å². The second-order valence-corrected chi connectivity index (χ2v) is 9.09. The van der Waals surface area contributed by atoms with Crippen LogP contribution in [0.4, 0.5) is 0 Å². The van der Waals surface area contributed by atoms with Gasteiger partial charge in [0.05, 0.1) is 0 Å². The van der Waals surface area contributed by atoms with Gasteiger partial charge < -0.3 is 14.6 Å². The molecule has 1 saturated heterocycles. The van der Waals surface area contributed by atoms with Gasteiger partial charge in [-0.25, -0.2) is 0 Å². The van der Waals surface area contributed by atoms with Crippen molar-refractivity contribution in [2.24, 2.45) is 0 Å². The molecular weight excluding hydrogens is 454 g/mol. The van der Waals surface area contributed by atoms with Crippen LogP contribution in [-0.2, 0) is 0 Å². The van der Waals surface area contributed by atoms with Crippen LogP contribution in [0.25, 0.3) is 21.2 Å². The number of hydrogen-bond acceptors (Lipinski definition) is 5. The van der Waals surface area contributed by atoms with Crippen molar-refractivity contribution in [3.8, 4) is 34.1 Å².